The summed E-state index contributed by atoms with van der Waals surface area (Å²) >= 11 is 5.93. The van der Waals surface area contributed by atoms with E-state index in [0.29, 0.717) is 16.3 Å². The second kappa shape index (κ2) is 7.65. The Kier molecular flexibility index (Phi) is 5.60. The predicted molar refractivity (Wildman–Crippen MR) is 89.7 cm³/mol. The normalized spacial score (nSPS) is 11.2. The molecule has 0 aliphatic heterocycles. The molecule has 120 valence electrons. The number of nitrogens with two attached hydrogens (primary N) is 1. The predicted octanol–water partition coefficient (Wildman–Crippen LogP) is 3.06. The number of rotatable bonds is 6. The van der Waals surface area contributed by atoms with Crippen molar-refractivity contribution in [1.29, 1.82) is 0 Å². The number of amides is 1. The molecule has 5 nitrogen and oxygen atoms in total. The van der Waals surface area contributed by atoms with Crippen molar-refractivity contribution in [3.8, 4) is 5.75 Å². The Morgan fingerprint density at radius 3 is 2.65 bits per heavy atom. The number of nitrogens with zero attached hydrogens (tertiary/aromatic N) is 1. The molecule has 2 aromatic carbocycles. The maximum Gasteiger partial charge on any atom is 0.271 e. The summed E-state index contributed by atoms with van der Waals surface area (Å²) in [7, 11) is 1.36. The van der Waals surface area contributed by atoms with Gasteiger partial charge in [0.05, 0.1) is 0 Å². The number of hydrogen-bond acceptors (Lipinski definition) is 4. The molecule has 0 saturated carbocycles. The van der Waals surface area contributed by atoms with Crippen LogP contribution in [0.3, 0.4) is 0 Å². The van der Waals surface area contributed by atoms with Crippen molar-refractivity contribution >= 4 is 23.2 Å². The molecule has 23 heavy (non-hydrogen) atoms. The lowest BCUT2D eigenvalue weighted by atomic mass is 10.0. The number of primary amides is 1. The van der Waals surface area contributed by atoms with Gasteiger partial charge in [-0.2, -0.15) is 0 Å². The summed E-state index contributed by atoms with van der Waals surface area (Å²) in [6, 6.07) is 12.6. The molecule has 0 saturated heterocycles. The largest absolute Gasteiger partial charge is 0.489 e. The highest BCUT2D eigenvalue weighted by atomic mass is 35.5. The summed E-state index contributed by atoms with van der Waals surface area (Å²) in [6.07, 6.45) is 0. The van der Waals surface area contributed by atoms with Gasteiger partial charge in [-0.05, 0) is 36.2 Å². The molecule has 0 radical (unpaired) electrons. The summed E-state index contributed by atoms with van der Waals surface area (Å²) in [5.74, 6) is 0.0514. The molecule has 6 heteroatoms. The standard InChI is InChI=1S/C17H17ClN2O3/c1-11-9-13(18)7-8-15(11)23-10-12-5-3-4-6-14(12)16(17(19)21)20-22-2/h3-9H,10H2,1-2H3,(H2,19,21)/b20-16+. The van der Waals surface area contributed by atoms with Crippen molar-refractivity contribution in [2.45, 2.75) is 13.5 Å². The van der Waals surface area contributed by atoms with Crippen LogP contribution in [0.2, 0.25) is 5.02 Å². The molecule has 0 aliphatic rings. The minimum Gasteiger partial charge on any atom is -0.489 e. The first kappa shape index (κ1) is 16.8. The Morgan fingerprint density at radius 2 is 2.00 bits per heavy atom. The van der Waals surface area contributed by atoms with Gasteiger partial charge in [0.15, 0.2) is 5.71 Å². The molecular formula is C17H17ClN2O3. The van der Waals surface area contributed by atoms with Gasteiger partial charge in [-0.25, -0.2) is 0 Å². The molecule has 0 atom stereocenters. The third-order valence-corrected chi connectivity index (χ3v) is 3.44. The highest BCUT2D eigenvalue weighted by Crippen LogP contribution is 2.23. The first-order valence-electron chi connectivity index (χ1n) is 6.91. The molecule has 0 spiro atoms. The number of ether oxygens (including phenoxy) is 1. The van der Waals surface area contributed by atoms with E-state index in [9.17, 15) is 4.79 Å². The smallest absolute Gasteiger partial charge is 0.271 e. The van der Waals surface area contributed by atoms with Crippen molar-refractivity contribution in [2.75, 3.05) is 7.11 Å². The fraction of sp³-hybridized carbons (Fsp3) is 0.176. The fourth-order valence-corrected chi connectivity index (χ4v) is 2.35. The minimum absolute atomic E-state index is 0.0551. The van der Waals surface area contributed by atoms with E-state index < -0.39 is 5.91 Å². The van der Waals surface area contributed by atoms with Crippen LogP contribution in [0.15, 0.2) is 47.6 Å². The summed E-state index contributed by atoms with van der Waals surface area (Å²) in [4.78, 5) is 16.3. The van der Waals surface area contributed by atoms with Crippen LogP contribution in [-0.2, 0) is 16.2 Å². The number of oxime groups is 1. The number of benzene rings is 2. The van der Waals surface area contributed by atoms with Crippen LogP contribution in [0.1, 0.15) is 16.7 Å². The van der Waals surface area contributed by atoms with Gasteiger partial charge >= 0.3 is 0 Å². The summed E-state index contributed by atoms with van der Waals surface area (Å²) < 4.78 is 5.82. The molecule has 2 N–H and O–H groups in total. The highest BCUT2D eigenvalue weighted by molar-refractivity contribution is 6.45. The molecule has 0 unspecified atom stereocenters. The van der Waals surface area contributed by atoms with Crippen LogP contribution in [0.4, 0.5) is 0 Å². The Labute approximate surface area is 139 Å². The zero-order valence-corrected chi connectivity index (χ0v) is 13.6. The second-order valence-electron chi connectivity index (χ2n) is 4.84. The van der Waals surface area contributed by atoms with E-state index in [1.165, 1.54) is 7.11 Å². The molecular weight excluding hydrogens is 316 g/mol. The monoisotopic (exact) mass is 332 g/mol. The van der Waals surface area contributed by atoms with Gasteiger partial charge in [0, 0.05) is 10.6 Å². The summed E-state index contributed by atoms with van der Waals surface area (Å²) in [5, 5.41) is 4.36. The average molecular weight is 333 g/mol. The molecule has 2 aromatic rings. The second-order valence-corrected chi connectivity index (χ2v) is 5.28. The van der Waals surface area contributed by atoms with Gasteiger partial charge in [0.1, 0.15) is 19.5 Å². The zero-order chi connectivity index (χ0) is 16.8. The SMILES string of the molecule is CO/N=C(/C(N)=O)c1ccccc1COc1ccc(Cl)cc1C. The number of carbonyl (C=O) groups excluding carboxylic acids is 1. The van der Waals surface area contributed by atoms with Crippen LogP contribution in [-0.4, -0.2) is 18.7 Å². The van der Waals surface area contributed by atoms with E-state index >= 15 is 0 Å². The van der Waals surface area contributed by atoms with Gasteiger partial charge in [0.2, 0.25) is 0 Å². The highest BCUT2D eigenvalue weighted by Gasteiger charge is 2.16. The molecule has 0 bridgehead atoms. The van der Waals surface area contributed by atoms with E-state index in [-0.39, 0.29) is 12.3 Å². The first-order chi connectivity index (χ1) is 11.0. The third-order valence-electron chi connectivity index (χ3n) is 3.21. The molecule has 1 amide bonds. The van der Waals surface area contributed by atoms with Crippen molar-refractivity contribution < 1.29 is 14.4 Å². The van der Waals surface area contributed by atoms with Gasteiger partial charge in [-0.1, -0.05) is 41.0 Å². The molecule has 2 rings (SSSR count). The maximum atomic E-state index is 11.6. The lowest BCUT2D eigenvalue weighted by Gasteiger charge is -2.12. The molecule has 0 aromatic heterocycles. The lowest BCUT2D eigenvalue weighted by molar-refractivity contribution is -0.112. The Morgan fingerprint density at radius 1 is 1.26 bits per heavy atom. The lowest BCUT2D eigenvalue weighted by Crippen LogP contribution is -2.25. The van der Waals surface area contributed by atoms with Gasteiger partial charge in [0.25, 0.3) is 5.91 Å². The zero-order valence-electron chi connectivity index (χ0n) is 12.9. The maximum absolute atomic E-state index is 11.6. The topological polar surface area (TPSA) is 73.9 Å². The Hall–Kier alpha value is -2.53. The average Bonchev–Trinajstić information content (AvgIpc) is 2.52. The number of aryl methyl sites for hydroxylation is 1. The Bertz CT molecular complexity index is 744. The summed E-state index contributed by atoms with van der Waals surface area (Å²) in [5.41, 5.74) is 7.70. The van der Waals surface area contributed by atoms with Gasteiger partial charge in [-0.3, -0.25) is 4.79 Å². The van der Waals surface area contributed by atoms with E-state index in [1.54, 1.807) is 24.3 Å². The van der Waals surface area contributed by atoms with Crippen LogP contribution >= 0.6 is 11.6 Å². The van der Waals surface area contributed by atoms with E-state index in [1.807, 2.05) is 25.1 Å². The number of carbonyl (C=O) groups is 1. The van der Waals surface area contributed by atoms with Crippen molar-refractivity contribution in [1.82, 2.24) is 0 Å². The minimum atomic E-state index is -0.665. The first-order valence-corrected chi connectivity index (χ1v) is 7.29. The van der Waals surface area contributed by atoms with Crippen molar-refractivity contribution in [3.63, 3.8) is 0 Å². The van der Waals surface area contributed by atoms with E-state index in [2.05, 4.69) is 5.16 Å². The van der Waals surface area contributed by atoms with Crippen LogP contribution in [0, 0.1) is 6.92 Å². The van der Waals surface area contributed by atoms with E-state index in [4.69, 9.17) is 26.9 Å². The number of halogens is 1. The third kappa shape index (κ3) is 4.23. The molecule has 0 fully saturated rings. The van der Waals surface area contributed by atoms with Crippen molar-refractivity contribution in [2.24, 2.45) is 10.9 Å². The molecule has 0 aliphatic carbocycles. The summed E-state index contributed by atoms with van der Waals surface area (Å²) in [6.45, 7) is 2.17. The van der Waals surface area contributed by atoms with Gasteiger partial charge < -0.3 is 15.3 Å². The quantitative estimate of drug-likeness (QED) is 0.652. The van der Waals surface area contributed by atoms with E-state index in [0.717, 1.165) is 11.1 Å². The fourth-order valence-electron chi connectivity index (χ4n) is 2.13. The van der Waals surface area contributed by atoms with Crippen LogP contribution < -0.4 is 10.5 Å². The van der Waals surface area contributed by atoms with Crippen LogP contribution in [0.25, 0.3) is 0 Å². The number of hydrogen-bond donors (Lipinski definition) is 1. The Balaban J connectivity index is 2.27. The van der Waals surface area contributed by atoms with Gasteiger partial charge in [-0.15, -0.1) is 0 Å². The van der Waals surface area contributed by atoms with Crippen LogP contribution in [0.5, 0.6) is 5.75 Å². The molecule has 0 heterocycles. The van der Waals surface area contributed by atoms with Crippen molar-refractivity contribution in [3.05, 3.63) is 64.2 Å².